The Morgan fingerprint density at radius 3 is 2.06 bits per heavy atom. The van der Waals surface area contributed by atoms with Gasteiger partial charge in [0, 0.05) is 19.1 Å². The molecule has 0 fully saturated rings. The molecule has 0 radical (unpaired) electrons. The molecule has 2 nitrogen and oxygen atoms in total. The standard InChI is InChI=1S/C13H28O2S/c1-6-13(7-2,11-16)10-15-9-8-12(3,4)14-5/h16H,6-11H2,1-5H3. The summed E-state index contributed by atoms with van der Waals surface area (Å²) in [6.07, 6.45) is 3.18. The minimum Gasteiger partial charge on any atom is -0.381 e. The van der Waals surface area contributed by atoms with Crippen molar-refractivity contribution in [1.82, 2.24) is 0 Å². The molecule has 0 heterocycles. The molecular formula is C13H28O2S. The lowest BCUT2D eigenvalue weighted by molar-refractivity contribution is -0.0233. The maximum Gasteiger partial charge on any atom is 0.0644 e. The van der Waals surface area contributed by atoms with E-state index < -0.39 is 0 Å². The Morgan fingerprint density at radius 2 is 1.69 bits per heavy atom. The quantitative estimate of drug-likeness (QED) is 0.497. The van der Waals surface area contributed by atoms with Crippen LogP contribution < -0.4 is 0 Å². The zero-order valence-corrected chi connectivity index (χ0v) is 12.4. The second kappa shape index (κ2) is 7.57. The molecule has 98 valence electrons. The van der Waals surface area contributed by atoms with E-state index in [4.69, 9.17) is 9.47 Å². The van der Waals surface area contributed by atoms with Gasteiger partial charge in [-0.25, -0.2) is 0 Å². The van der Waals surface area contributed by atoms with Crippen molar-refractivity contribution < 1.29 is 9.47 Å². The van der Waals surface area contributed by atoms with Crippen LogP contribution in [0.25, 0.3) is 0 Å². The highest BCUT2D eigenvalue weighted by Gasteiger charge is 2.25. The first kappa shape index (κ1) is 16.3. The number of ether oxygens (including phenoxy) is 2. The number of hydrogen-bond donors (Lipinski definition) is 1. The van der Waals surface area contributed by atoms with Crippen LogP contribution in [0, 0.1) is 5.41 Å². The fourth-order valence-electron chi connectivity index (χ4n) is 1.43. The van der Waals surface area contributed by atoms with Crippen LogP contribution in [0.3, 0.4) is 0 Å². The fraction of sp³-hybridized carbons (Fsp3) is 1.00. The molecule has 0 N–H and O–H groups in total. The van der Waals surface area contributed by atoms with Gasteiger partial charge in [-0.05, 0) is 38.9 Å². The van der Waals surface area contributed by atoms with Crippen molar-refractivity contribution in [3.63, 3.8) is 0 Å². The first-order valence-corrected chi connectivity index (χ1v) is 6.82. The normalized spacial score (nSPS) is 13.1. The summed E-state index contributed by atoms with van der Waals surface area (Å²) in [6.45, 7) is 10.2. The van der Waals surface area contributed by atoms with Gasteiger partial charge in [-0.2, -0.15) is 12.6 Å². The zero-order chi connectivity index (χ0) is 12.7. The first-order chi connectivity index (χ1) is 7.45. The largest absolute Gasteiger partial charge is 0.381 e. The molecule has 0 amide bonds. The van der Waals surface area contributed by atoms with E-state index in [9.17, 15) is 0 Å². The third-order valence-corrected chi connectivity index (χ3v) is 4.32. The molecule has 0 aliphatic heterocycles. The van der Waals surface area contributed by atoms with E-state index >= 15 is 0 Å². The van der Waals surface area contributed by atoms with Crippen molar-refractivity contribution in [3.8, 4) is 0 Å². The Hall–Kier alpha value is 0.270. The summed E-state index contributed by atoms with van der Waals surface area (Å²) in [5.74, 6) is 0.896. The predicted molar refractivity (Wildman–Crippen MR) is 73.4 cm³/mol. The lowest BCUT2D eigenvalue weighted by atomic mass is 9.85. The van der Waals surface area contributed by atoms with Gasteiger partial charge in [0.1, 0.15) is 0 Å². The number of thiol groups is 1. The Morgan fingerprint density at radius 1 is 1.12 bits per heavy atom. The topological polar surface area (TPSA) is 18.5 Å². The molecular weight excluding hydrogens is 220 g/mol. The second-order valence-corrected chi connectivity index (χ2v) is 5.45. The van der Waals surface area contributed by atoms with Crippen LogP contribution in [0.2, 0.25) is 0 Å². The molecule has 0 rings (SSSR count). The van der Waals surface area contributed by atoms with Gasteiger partial charge in [-0.1, -0.05) is 13.8 Å². The molecule has 0 spiro atoms. The minimum absolute atomic E-state index is 0.0813. The molecule has 0 aromatic rings. The van der Waals surface area contributed by atoms with Crippen LogP contribution in [0.1, 0.15) is 47.0 Å². The van der Waals surface area contributed by atoms with Crippen LogP contribution in [0.5, 0.6) is 0 Å². The molecule has 0 aromatic carbocycles. The second-order valence-electron chi connectivity index (χ2n) is 5.13. The summed E-state index contributed by atoms with van der Waals surface area (Å²) in [5, 5.41) is 0. The maximum atomic E-state index is 5.78. The van der Waals surface area contributed by atoms with Crippen LogP contribution in [0.4, 0.5) is 0 Å². The van der Waals surface area contributed by atoms with Gasteiger partial charge in [0.2, 0.25) is 0 Å². The zero-order valence-electron chi connectivity index (χ0n) is 11.5. The molecule has 0 saturated carbocycles. The number of rotatable bonds is 9. The minimum atomic E-state index is -0.0813. The summed E-state index contributed by atoms with van der Waals surface area (Å²) < 4.78 is 11.1. The summed E-state index contributed by atoms with van der Waals surface area (Å²) >= 11 is 4.43. The Balaban J connectivity index is 3.88. The van der Waals surface area contributed by atoms with Crippen molar-refractivity contribution >= 4 is 12.6 Å². The van der Waals surface area contributed by atoms with Gasteiger partial charge >= 0.3 is 0 Å². The van der Waals surface area contributed by atoms with E-state index in [1.807, 2.05) is 0 Å². The number of methoxy groups -OCH3 is 1. The van der Waals surface area contributed by atoms with Crippen LogP contribution in [-0.2, 0) is 9.47 Å². The molecule has 16 heavy (non-hydrogen) atoms. The lowest BCUT2D eigenvalue weighted by Crippen LogP contribution is -2.30. The SMILES string of the molecule is CCC(CC)(CS)COCCC(C)(C)OC. The van der Waals surface area contributed by atoms with Gasteiger partial charge in [0.15, 0.2) is 0 Å². The Labute approximate surface area is 107 Å². The monoisotopic (exact) mass is 248 g/mol. The summed E-state index contributed by atoms with van der Waals surface area (Å²) in [6, 6.07) is 0. The summed E-state index contributed by atoms with van der Waals surface area (Å²) in [7, 11) is 1.75. The molecule has 3 heteroatoms. The Kier molecular flexibility index (Phi) is 7.70. The highest BCUT2D eigenvalue weighted by atomic mass is 32.1. The van der Waals surface area contributed by atoms with Crippen molar-refractivity contribution in [3.05, 3.63) is 0 Å². The van der Waals surface area contributed by atoms with Gasteiger partial charge in [0.25, 0.3) is 0 Å². The fourth-order valence-corrected chi connectivity index (χ4v) is 1.97. The van der Waals surface area contributed by atoms with Gasteiger partial charge in [-0.3, -0.25) is 0 Å². The van der Waals surface area contributed by atoms with E-state index in [-0.39, 0.29) is 11.0 Å². The van der Waals surface area contributed by atoms with Crippen molar-refractivity contribution in [2.24, 2.45) is 5.41 Å². The molecule has 0 unspecified atom stereocenters. The molecule has 0 aliphatic rings. The molecule has 0 aliphatic carbocycles. The van der Waals surface area contributed by atoms with Crippen molar-refractivity contribution in [2.45, 2.75) is 52.6 Å². The molecule has 0 bridgehead atoms. The Bertz CT molecular complexity index is 169. The van der Waals surface area contributed by atoms with E-state index in [0.29, 0.717) is 0 Å². The highest BCUT2D eigenvalue weighted by molar-refractivity contribution is 7.80. The van der Waals surface area contributed by atoms with Gasteiger partial charge < -0.3 is 9.47 Å². The van der Waals surface area contributed by atoms with Crippen molar-refractivity contribution in [1.29, 1.82) is 0 Å². The molecule has 0 saturated heterocycles. The third kappa shape index (κ3) is 5.55. The molecule has 0 atom stereocenters. The average Bonchev–Trinajstić information content (AvgIpc) is 2.30. The van der Waals surface area contributed by atoms with E-state index in [2.05, 4.69) is 40.3 Å². The first-order valence-electron chi connectivity index (χ1n) is 6.19. The number of hydrogen-bond acceptors (Lipinski definition) is 3. The van der Waals surface area contributed by atoms with Crippen LogP contribution in [-0.4, -0.2) is 31.7 Å². The molecule has 0 aromatic heterocycles. The summed E-state index contributed by atoms with van der Waals surface area (Å²) in [4.78, 5) is 0. The van der Waals surface area contributed by atoms with E-state index in [1.165, 1.54) is 0 Å². The lowest BCUT2D eigenvalue weighted by Gasteiger charge is -2.30. The van der Waals surface area contributed by atoms with E-state index in [0.717, 1.165) is 38.2 Å². The predicted octanol–water partition coefficient (Wildman–Crippen LogP) is 3.55. The van der Waals surface area contributed by atoms with Crippen LogP contribution >= 0.6 is 12.6 Å². The smallest absolute Gasteiger partial charge is 0.0644 e. The highest BCUT2D eigenvalue weighted by Crippen LogP contribution is 2.28. The van der Waals surface area contributed by atoms with Crippen molar-refractivity contribution in [2.75, 3.05) is 26.1 Å². The van der Waals surface area contributed by atoms with Crippen LogP contribution in [0.15, 0.2) is 0 Å². The third-order valence-electron chi connectivity index (χ3n) is 3.64. The van der Waals surface area contributed by atoms with E-state index in [1.54, 1.807) is 7.11 Å². The van der Waals surface area contributed by atoms with Gasteiger partial charge in [-0.15, -0.1) is 0 Å². The van der Waals surface area contributed by atoms with Gasteiger partial charge in [0.05, 0.1) is 12.2 Å². The maximum absolute atomic E-state index is 5.78. The average molecular weight is 248 g/mol. The summed E-state index contributed by atoms with van der Waals surface area (Å²) in [5.41, 5.74) is 0.169.